The van der Waals surface area contributed by atoms with Crippen LogP contribution in [0.15, 0.2) is 36.4 Å². The summed E-state index contributed by atoms with van der Waals surface area (Å²) in [6.07, 6.45) is 0. The molecular weight excluding hydrogens is 270 g/mol. The zero-order valence-corrected chi connectivity index (χ0v) is 12.1. The van der Waals surface area contributed by atoms with Gasteiger partial charge < -0.3 is 25.1 Å². The smallest absolute Gasteiger partial charge is 0.169 e. The molecule has 2 rings (SSSR count). The zero-order chi connectivity index (χ0) is 15.2. The van der Waals surface area contributed by atoms with E-state index < -0.39 is 0 Å². The molecule has 0 bridgehead atoms. The Balaban J connectivity index is 2.32. The fourth-order valence-corrected chi connectivity index (χ4v) is 1.91. The Kier molecular flexibility index (Phi) is 4.90. The van der Waals surface area contributed by atoms with Crippen LogP contribution < -0.4 is 19.9 Å². The van der Waals surface area contributed by atoms with E-state index in [0.29, 0.717) is 35.3 Å². The Morgan fingerprint density at radius 1 is 1.05 bits per heavy atom. The van der Waals surface area contributed by atoms with Gasteiger partial charge in [-0.3, -0.25) is 0 Å². The largest absolute Gasteiger partial charge is 0.493 e. The summed E-state index contributed by atoms with van der Waals surface area (Å²) in [5.74, 6) is 2.13. The molecule has 0 atom stereocenters. The van der Waals surface area contributed by atoms with E-state index >= 15 is 0 Å². The quantitative estimate of drug-likeness (QED) is 0.800. The van der Waals surface area contributed by atoms with Gasteiger partial charge in [-0.15, -0.1) is 0 Å². The Labute approximate surface area is 123 Å². The van der Waals surface area contributed by atoms with Gasteiger partial charge in [0.05, 0.1) is 20.3 Å². The lowest BCUT2D eigenvalue weighted by Crippen LogP contribution is -1.99. The molecule has 0 saturated carbocycles. The molecule has 2 aromatic rings. The van der Waals surface area contributed by atoms with Crippen LogP contribution in [-0.4, -0.2) is 18.8 Å². The maximum atomic E-state index is 9.14. The molecule has 112 valence electrons. The molecule has 0 amide bonds. The average molecular weight is 289 g/mol. The SMILES string of the molecule is CCOc1cccc(Oc2ccc(CO)cc2OC)c1N. The van der Waals surface area contributed by atoms with Gasteiger partial charge in [0.25, 0.3) is 0 Å². The minimum atomic E-state index is -0.0569. The Hall–Kier alpha value is -2.40. The number of rotatable bonds is 6. The third-order valence-electron chi connectivity index (χ3n) is 2.96. The summed E-state index contributed by atoms with van der Waals surface area (Å²) in [5, 5.41) is 9.14. The fourth-order valence-electron chi connectivity index (χ4n) is 1.91. The average Bonchev–Trinajstić information content (AvgIpc) is 2.51. The number of nitrogens with two attached hydrogens (primary N) is 1. The van der Waals surface area contributed by atoms with Crippen LogP contribution in [0, 0.1) is 0 Å². The lowest BCUT2D eigenvalue weighted by molar-refractivity contribution is 0.280. The molecule has 3 N–H and O–H groups in total. The standard InChI is InChI=1S/C16H19NO4/c1-3-20-13-5-4-6-14(16(13)17)21-12-8-7-11(10-18)9-15(12)19-2/h4-9,18H,3,10,17H2,1-2H3. The van der Waals surface area contributed by atoms with Crippen molar-refractivity contribution in [3.05, 3.63) is 42.0 Å². The summed E-state index contributed by atoms with van der Waals surface area (Å²) in [7, 11) is 1.54. The lowest BCUT2D eigenvalue weighted by Gasteiger charge is -2.14. The van der Waals surface area contributed by atoms with Gasteiger partial charge in [-0.25, -0.2) is 0 Å². The van der Waals surface area contributed by atoms with Crippen LogP contribution >= 0.6 is 0 Å². The molecular formula is C16H19NO4. The molecule has 5 heteroatoms. The van der Waals surface area contributed by atoms with Gasteiger partial charge in [0.15, 0.2) is 17.2 Å². The first-order chi connectivity index (χ1) is 10.2. The van der Waals surface area contributed by atoms with E-state index in [-0.39, 0.29) is 6.61 Å². The third-order valence-corrected chi connectivity index (χ3v) is 2.96. The normalized spacial score (nSPS) is 10.2. The predicted octanol–water partition coefficient (Wildman–Crippen LogP) is 2.96. The Bertz CT molecular complexity index is 613. The minimum absolute atomic E-state index is 0.0569. The van der Waals surface area contributed by atoms with Crippen molar-refractivity contribution in [1.29, 1.82) is 0 Å². The van der Waals surface area contributed by atoms with E-state index in [4.69, 9.17) is 25.1 Å². The van der Waals surface area contributed by atoms with Crippen molar-refractivity contribution in [1.82, 2.24) is 0 Å². The molecule has 0 aliphatic carbocycles. The van der Waals surface area contributed by atoms with Crippen LogP contribution in [0.5, 0.6) is 23.0 Å². The number of hydrogen-bond acceptors (Lipinski definition) is 5. The van der Waals surface area contributed by atoms with Crippen molar-refractivity contribution in [2.45, 2.75) is 13.5 Å². The molecule has 0 fully saturated rings. The number of benzene rings is 2. The van der Waals surface area contributed by atoms with Crippen molar-refractivity contribution in [2.75, 3.05) is 19.5 Å². The number of methoxy groups -OCH3 is 1. The molecule has 0 aromatic heterocycles. The van der Waals surface area contributed by atoms with Gasteiger partial charge >= 0.3 is 0 Å². The highest BCUT2D eigenvalue weighted by Crippen LogP contribution is 2.38. The van der Waals surface area contributed by atoms with E-state index in [2.05, 4.69) is 0 Å². The highest BCUT2D eigenvalue weighted by Gasteiger charge is 2.11. The van der Waals surface area contributed by atoms with Gasteiger partial charge in [-0.2, -0.15) is 0 Å². The summed E-state index contributed by atoms with van der Waals surface area (Å²) >= 11 is 0. The monoisotopic (exact) mass is 289 g/mol. The highest BCUT2D eigenvalue weighted by molar-refractivity contribution is 5.64. The molecule has 0 aliphatic heterocycles. The maximum Gasteiger partial charge on any atom is 0.169 e. The maximum absolute atomic E-state index is 9.14. The number of nitrogen functional groups attached to an aromatic ring is 1. The van der Waals surface area contributed by atoms with Crippen molar-refractivity contribution in [2.24, 2.45) is 0 Å². The van der Waals surface area contributed by atoms with Crippen LogP contribution in [0.25, 0.3) is 0 Å². The number of para-hydroxylation sites is 1. The molecule has 0 radical (unpaired) electrons. The number of ether oxygens (including phenoxy) is 3. The lowest BCUT2D eigenvalue weighted by atomic mass is 10.2. The van der Waals surface area contributed by atoms with E-state index in [1.807, 2.05) is 13.0 Å². The number of aliphatic hydroxyl groups excluding tert-OH is 1. The second kappa shape index (κ2) is 6.85. The first-order valence-electron chi connectivity index (χ1n) is 6.66. The fraction of sp³-hybridized carbons (Fsp3) is 0.250. The molecule has 0 aliphatic rings. The molecule has 0 saturated heterocycles. The summed E-state index contributed by atoms with van der Waals surface area (Å²) in [5.41, 5.74) is 7.22. The van der Waals surface area contributed by atoms with Crippen molar-refractivity contribution in [3.63, 3.8) is 0 Å². The van der Waals surface area contributed by atoms with E-state index in [1.54, 1.807) is 37.4 Å². The van der Waals surface area contributed by atoms with Crippen LogP contribution in [0.2, 0.25) is 0 Å². The zero-order valence-electron chi connectivity index (χ0n) is 12.1. The Morgan fingerprint density at radius 3 is 2.48 bits per heavy atom. The van der Waals surface area contributed by atoms with Crippen LogP contribution in [0.3, 0.4) is 0 Å². The van der Waals surface area contributed by atoms with E-state index in [1.165, 1.54) is 0 Å². The van der Waals surface area contributed by atoms with Crippen LogP contribution in [0.1, 0.15) is 12.5 Å². The van der Waals surface area contributed by atoms with E-state index in [9.17, 15) is 0 Å². The molecule has 0 spiro atoms. The first-order valence-corrected chi connectivity index (χ1v) is 6.66. The van der Waals surface area contributed by atoms with Crippen molar-refractivity contribution < 1.29 is 19.3 Å². The number of anilines is 1. The van der Waals surface area contributed by atoms with Crippen molar-refractivity contribution >= 4 is 5.69 Å². The number of aliphatic hydroxyl groups is 1. The summed E-state index contributed by atoms with van der Waals surface area (Å²) in [6.45, 7) is 2.37. The second-order valence-electron chi connectivity index (χ2n) is 4.35. The molecule has 0 unspecified atom stereocenters. The summed E-state index contributed by atoms with van der Waals surface area (Å²) in [4.78, 5) is 0. The molecule has 5 nitrogen and oxygen atoms in total. The van der Waals surface area contributed by atoms with Gasteiger partial charge in [0, 0.05) is 0 Å². The number of hydrogen-bond donors (Lipinski definition) is 2. The molecule has 21 heavy (non-hydrogen) atoms. The third kappa shape index (κ3) is 3.38. The van der Waals surface area contributed by atoms with Gasteiger partial charge in [-0.1, -0.05) is 12.1 Å². The van der Waals surface area contributed by atoms with Crippen LogP contribution in [0.4, 0.5) is 5.69 Å². The predicted molar refractivity (Wildman–Crippen MR) is 81.0 cm³/mol. The van der Waals surface area contributed by atoms with E-state index in [0.717, 1.165) is 5.56 Å². The van der Waals surface area contributed by atoms with Crippen molar-refractivity contribution in [3.8, 4) is 23.0 Å². The van der Waals surface area contributed by atoms with Crippen LogP contribution in [-0.2, 0) is 6.61 Å². The van der Waals surface area contributed by atoms with Gasteiger partial charge in [0.1, 0.15) is 11.4 Å². The molecule has 0 heterocycles. The summed E-state index contributed by atoms with van der Waals surface area (Å²) < 4.78 is 16.5. The first kappa shape index (κ1) is 15.0. The minimum Gasteiger partial charge on any atom is -0.493 e. The highest BCUT2D eigenvalue weighted by atomic mass is 16.5. The molecule has 2 aromatic carbocycles. The second-order valence-corrected chi connectivity index (χ2v) is 4.35. The van der Waals surface area contributed by atoms with Gasteiger partial charge in [0.2, 0.25) is 0 Å². The Morgan fingerprint density at radius 2 is 1.81 bits per heavy atom. The van der Waals surface area contributed by atoms with Gasteiger partial charge in [-0.05, 0) is 36.8 Å². The summed E-state index contributed by atoms with van der Waals surface area (Å²) in [6, 6.07) is 10.6. The topological polar surface area (TPSA) is 73.9 Å².